The predicted molar refractivity (Wildman–Crippen MR) is 121 cm³/mol. The predicted octanol–water partition coefficient (Wildman–Crippen LogP) is 1.84. The molecule has 4 rings (SSSR count). The van der Waals surface area contributed by atoms with Crippen LogP contribution in [0.3, 0.4) is 0 Å². The first-order valence-electron chi connectivity index (χ1n) is 10.2. The Kier molecular flexibility index (Phi) is 6.31. The van der Waals surface area contributed by atoms with E-state index in [-0.39, 0.29) is 24.1 Å². The smallest absolute Gasteiger partial charge is 0.328 e. The van der Waals surface area contributed by atoms with Gasteiger partial charge in [-0.3, -0.25) is 9.55 Å². The third-order valence-corrected chi connectivity index (χ3v) is 4.96. The molecule has 1 aromatic carbocycles. The van der Waals surface area contributed by atoms with Crippen molar-refractivity contribution in [1.82, 2.24) is 29.8 Å². The quantitative estimate of drug-likeness (QED) is 0.363. The van der Waals surface area contributed by atoms with E-state index in [0.717, 1.165) is 16.7 Å². The maximum atomic E-state index is 12.6. The fourth-order valence-electron chi connectivity index (χ4n) is 3.42. The molecule has 0 bridgehead atoms. The van der Waals surface area contributed by atoms with E-state index in [9.17, 15) is 4.79 Å². The highest BCUT2D eigenvalue weighted by molar-refractivity contribution is 5.82. The number of anilines is 1. The molecule has 0 aliphatic carbocycles. The standard InChI is InChI=1S/C22H25N7O3/c1-3-32-21-27-19(23)18-20(28-21)29(22(30)26-18)13-16-7-6-14(9-17(16)31-2)10-25-12-15-5-4-8-24-11-15/h4-9,11,25H,3,10,12-13H2,1-2H3,(H,26,30)(H2,23,27,28). The van der Waals surface area contributed by atoms with Crippen LogP contribution in [0.1, 0.15) is 23.6 Å². The summed E-state index contributed by atoms with van der Waals surface area (Å²) in [4.78, 5) is 27.9. The Hall–Kier alpha value is -3.92. The molecule has 0 amide bonds. The number of hydrogen-bond donors (Lipinski definition) is 3. The number of nitrogens with zero attached hydrogens (tertiary/aromatic N) is 4. The third kappa shape index (κ3) is 4.54. The Labute approximate surface area is 184 Å². The Morgan fingerprint density at radius 2 is 2.03 bits per heavy atom. The zero-order valence-electron chi connectivity index (χ0n) is 18.0. The van der Waals surface area contributed by atoms with E-state index in [0.29, 0.717) is 36.6 Å². The first-order chi connectivity index (χ1) is 15.6. The first-order valence-corrected chi connectivity index (χ1v) is 10.2. The third-order valence-electron chi connectivity index (χ3n) is 4.96. The first kappa shape index (κ1) is 21.3. The van der Waals surface area contributed by atoms with Gasteiger partial charge in [-0.25, -0.2) is 4.79 Å². The van der Waals surface area contributed by atoms with Gasteiger partial charge < -0.3 is 25.5 Å². The molecule has 0 radical (unpaired) electrons. The van der Waals surface area contributed by atoms with Crippen molar-refractivity contribution in [2.24, 2.45) is 0 Å². The summed E-state index contributed by atoms with van der Waals surface area (Å²) in [6, 6.07) is 9.97. The summed E-state index contributed by atoms with van der Waals surface area (Å²) in [5, 5.41) is 3.39. The minimum Gasteiger partial charge on any atom is -0.496 e. The number of nitrogens with two attached hydrogens (primary N) is 1. The molecule has 0 saturated carbocycles. The van der Waals surface area contributed by atoms with Crippen LogP contribution in [0.2, 0.25) is 0 Å². The number of rotatable bonds is 9. The van der Waals surface area contributed by atoms with Crippen molar-refractivity contribution < 1.29 is 9.47 Å². The van der Waals surface area contributed by atoms with Crippen molar-refractivity contribution in [2.45, 2.75) is 26.6 Å². The Morgan fingerprint density at radius 3 is 2.78 bits per heavy atom. The SMILES string of the molecule is CCOc1nc(N)c2[nH]c(=O)n(Cc3ccc(CNCc4cccnc4)cc3OC)c2n1. The van der Waals surface area contributed by atoms with Crippen LogP contribution in [-0.2, 0) is 19.6 Å². The number of nitrogens with one attached hydrogen (secondary N) is 2. The summed E-state index contributed by atoms with van der Waals surface area (Å²) in [6.07, 6.45) is 3.59. The molecule has 3 heterocycles. The summed E-state index contributed by atoms with van der Waals surface area (Å²) >= 11 is 0. The number of aromatic nitrogens is 5. The lowest BCUT2D eigenvalue weighted by atomic mass is 10.1. The van der Waals surface area contributed by atoms with E-state index >= 15 is 0 Å². The second-order valence-corrected chi connectivity index (χ2v) is 7.15. The van der Waals surface area contributed by atoms with Gasteiger partial charge in [0.15, 0.2) is 11.5 Å². The van der Waals surface area contributed by atoms with E-state index in [4.69, 9.17) is 15.2 Å². The fraction of sp³-hybridized carbons (Fsp3) is 0.273. The van der Waals surface area contributed by atoms with Gasteiger partial charge in [0.1, 0.15) is 11.3 Å². The van der Waals surface area contributed by atoms with Gasteiger partial charge in [-0.1, -0.05) is 18.2 Å². The molecule has 4 N–H and O–H groups in total. The van der Waals surface area contributed by atoms with Crippen molar-refractivity contribution in [2.75, 3.05) is 19.5 Å². The van der Waals surface area contributed by atoms with Crippen LogP contribution in [0.4, 0.5) is 5.82 Å². The minimum absolute atomic E-state index is 0.132. The molecule has 3 aromatic heterocycles. The number of ether oxygens (including phenoxy) is 2. The maximum absolute atomic E-state index is 12.6. The molecule has 0 atom stereocenters. The Bertz CT molecular complexity index is 1270. The van der Waals surface area contributed by atoms with Gasteiger partial charge >= 0.3 is 11.7 Å². The number of H-pyrrole nitrogens is 1. The van der Waals surface area contributed by atoms with Crippen molar-refractivity contribution in [3.63, 3.8) is 0 Å². The number of nitrogen functional groups attached to an aromatic ring is 1. The van der Waals surface area contributed by atoms with Crippen LogP contribution >= 0.6 is 0 Å². The van der Waals surface area contributed by atoms with Crippen molar-refractivity contribution in [1.29, 1.82) is 0 Å². The van der Waals surface area contributed by atoms with Crippen LogP contribution in [0.15, 0.2) is 47.5 Å². The van der Waals surface area contributed by atoms with Crippen LogP contribution < -0.4 is 26.2 Å². The molecular weight excluding hydrogens is 410 g/mol. The number of pyridine rings is 1. The minimum atomic E-state index is -0.334. The van der Waals surface area contributed by atoms with Crippen molar-refractivity contribution in [3.8, 4) is 11.8 Å². The Morgan fingerprint density at radius 1 is 1.19 bits per heavy atom. The van der Waals surface area contributed by atoms with E-state index < -0.39 is 0 Å². The van der Waals surface area contributed by atoms with E-state index in [2.05, 4.69) is 25.3 Å². The molecule has 10 nitrogen and oxygen atoms in total. The van der Waals surface area contributed by atoms with E-state index in [1.54, 1.807) is 13.3 Å². The van der Waals surface area contributed by atoms with Crippen LogP contribution in [0.5, 0.6) is 11.8 Å². The van der Waals surface area contributed by atoms with Gasteiger partial charge in [0.25, 0.3) is 0 Å². The fourth-order valence-corrected chi connectivity index (χ4v) is 3.42. The molecule has 0 fully saturated rings. The summed E-state index contributed by atoms with van der Waals surface area (Å²) in [6.45, 7) is 3.86. The van der Waals surface area contributed by atoms with Crippen molar-refractivity contribution in [3.05, 3.63) is 69.9 Å². The number of hydrogen-bond acceptors (Lipinski definition) is 8. The number of imidazole rings is 1. The molecule has 10 heteroatoms. The molecule has 0 aliphatic rings. The summed E-state index contributed by atoms with van der Waals surface area (Å²) in [5.74, 6) is 0.843. The highest BCUT2D eigenvalue weighted by Crippen LogP contribution is 2.24. The number of fused-ring (bicyclic) bond motifs is 1. The number of benzene rings is 1. The summed E-state index contributed by atoms with van der Waals surface area (Å²) in [5.41, 5.74) is 9.42. The average molecular weight is 435 g/mol. The topological polar surface area (TPSA) is 133 Å². The zero-order valence-corrected chi connectivity index (χ0v) is 18.0. The molecule has 0 aliphatic heterocycles. The number of aromatic amines is 1. The number of methoxy groups -OCH3 is 1. The molecule has 0 saturated heterocycles. The van der Waals surface area contributed by atoms with E-state index in [1.165, 1.54) is 4.57 Å². The summed E-state index contributed by atoms with van der Waals surface area (Å²) in [7, 11) is 1.61. The van der Waals surface area contributed by atoms with Crippen LogP contribution in [-0.4, -0.2) is 38.2 Å². The van der Waals surface area contributed by atoms with Crippen LogP contribution in [0, 0.1) is 0 Å². The highest BCUT2D eigenvalue weighted by Gasteiger charge is 2.16. The lowest BCUT2D eigenvalue weighted by molar-refractivity contribution is 0.314. The van der Waals surface area contributed by atoms with E-state index in [1.807, 2.05) is 43.5 Å². The lowest BCUT2D eigenvalue weighted by Crippen LogP contribution is -2.18. The highest BCUT2D eigenvalue weighted by atomic mass is 16.5. The molecule has 166 valence electrons. The van der Waals surface area contributed by atoms with Crippen LogP contribution in [0.25, 0.3) is 11.2 Å². The molecule has 32 heavy (non-hydrogen) atoms. The van der Waals surface area contributed by atoms with Gasteiger partial charge in [-0.15, -0.1) is 0 Å². The second-order valence-electron chi connectivity index (χ2n) is 7.15. The molecular formula is C22H25N7O3. The maximum Gasteiger partial charge on any atom is 0.328 e. The molecule has 0 unspecified atom stereocenters. The Balaban J connectivity index is 1.56. The van der Waals surface area contributed by atoms with Crippen molar-refractivity contribution >= 4 is 17.0 Å². The normalized spacial score (nSPS) is 11.1. The zero-order chi connectivity index (χ0) is 22.5. The van der Waals surface area contributed by atoms with Gasteiger partial charge in [-0.05, 0) is 30.2 Å². The monoisotopic (exact) mass is 435 g/mol. The van der Waals surface area contributed by atoms with Gasteiger partial charge in [0, 0.05) is 31.0 Å². The summed E-state index contributed by atoms with van der Waals surface area (Å²) < 4.78 is 12.5. The van der Waals surface area contributed by atoms with Gasteiger partial charge in [0.05, 0.1) is 20.3 Å². The molecule has 4 aromatic rings. The largest absolute Gasteiger partial charge is 0.496 e. The van der Waals surface area contributed by atoms with Gasteiger partial charge in [-0.2, -0.15) is 9.97 Å². The average Bonchev–Trinajstić information content (AvgIpc) is 3.11. The second kappa shape index (κ2) is 9.48. The molecule has 0 spiro atoms. The van der Waals surface area contributed by atoms with Gasteiger partial charge in [0.2, 0.25) is 0 Å². The lowest BCUT2D eigenvalue weighted by Gasteiger charge is -2.12.